The zero-order chi connectivity index (χ0) is 22.1. The maximum absolute atomic E-state index is 11.6. The van der Waals surface area contributed by atoms with Gasteiger partial charge in [0.1, 0.15) is 0 Å². The molecule has 3 N–H and O–H groups in total. The summed E-state index contributed by atoms with van der Waals surface area (Å²) in [5.41, 5.74) is -0.493. The monoisotopic (exact) mass is 421 g/mol. The summed E-state index contributed by atoms with van der Waals surface area (Å²) >= 11 is 0. The van der Waals surface area contributed by atoms with E-state index in [1.54, 1.807) is 0 Å². The summed E-state index contributed by atoms with van der Waals surface area (Å²) in [6.45, 7) is 8.96. The number of aliphatic carboxylic acids is 1. The van der Waals surface area contributed by atoms with Gasteiger partial charge in [0.2, 0.25) is 0 Å². The summed E-state index contributed by atoms with van der Waals surface area (Å²) in [4.78, 5) is 11.0. The first-order chi connectivity index (χ1) is 14.0. The summed E-state index contributed by atoms with van der Waals surface area (Å²) in [5.74, 6) is 0.261. The maximum atomic E-state index is 11.6. The number of carboxylic acid groups (broad SMARTS) is 1. The van der Waals surface area contributed by atoms with E-state index in [1.165, 1.54) is 0 Å². The van der Waals surface area contributed by atoms with Crippen LogP contribution in [0.3, 0.4) is 0 Å². The molecule has 0 aromatic heterocycles. The fraction of sp³-hybridized carbons (Fsp3) is 0.960. The first-order valence-electron chi connectivity index (χ1n) is 12.2. The van der Waals surface area contributed by atoms with E-state index >= 15 is 0 Å². The first-order valence-corrected chi connectivity index (χ1v) is 12.2. The van der Waals surface area contributed by atoms with Crippen molar-refractivity contribution in [1.29, 1.82) is 0 Å². The summed E-state index contributed by atoms with van der Waals surface area (Å²) in [6.07, 6.45) is 5.50. The molecule has 5 heteroatoms. The Labute approximate surface area is 181 Å². The highest BCUT2D eigenvalue weighted by atomic mass is 16.4. The fourth-order valence-corrected chi connectivity index (χ4v) is 9.29. The second-order valence-electron chi connectivity index (χ2n) is 12.0. The number of aliphatic hydroxyl groups excluding tert-OH is 3. The molecular weight excluding hydrogens is 380 g/mol. The Morgan fingerprint density at radius 3 is 2.30 bits per heavy atom. The molecule has 11 atom stereocenters. The lowest BCUT2D eigenvalue weighted by Crippen LogP contribution is -2.67. The largest absolute Gasteiger partial charge is 0.550 e. The highest BCUT2D eigenvalue weighted by molar-refractivity contribution is 5.64. The number of hydrogen-bond acceptors (Lipinski definition) is 5. The molecule has 4 aliphatic rings. The van der Waals surface area contributed by atoms with E-state index in [-0.39, 0.29) is 52.4 Å². The van der Waals surface area contributed by atoms with E-state index in [2.05, 4.69) is 27.7 Å². The van der Waals surface area contributed by atoms with Gasteiger partial charge >= 0.3 is 0 Å². The molecule has 5 nitrogen and oxygen atoms in total. The Morgan fingerprint density at radius 2 is 1.63 bits per heavy atom. The number of rotatable bonds is 4. The van der Waals surface area contributed by atoms with Gasteiger partial charge in [0.25, 0.3) is 0 Å². The summed E-state index contributed by atoms with van der Waals surface area (Å²) in [5, 5.41) is 44.3. The van der Waals surface area contributed by atoms with Crippen molar-refractivity contribution < 1.29 is 25.2 Å². The van der Waals surface area contributed by atoms with Crippen molar-refractivity contribution in [2.45, 2.75) is 104 Å². The zero-order valence-electron chi connectivity index (χ0n) is 19.1. The van der Waals surface area contributed by atoms with Crippen molar-refractivity contribution in [3.8, 4) is 0 Å². The van der Waals surface area contributed by atoms with Gasteiger partial charge in [0.05, 0.1) is 18.3 Å². The number of carbonyl (C=O) groups excluding carboxylic acids is 1. The van der Waals surface area contributed by atoms with Crippen LogP contribution in [0.5, 0.6) is 0 Å². The average Bonchev–Trinajstić information content (AvgIpc) is 3.04. The molecule has 2 unspecified atom stereocenters. The van der Waals surface area contributed by atoms with Crippen LogP contribution in [0.15, 0.2) is 0 Å². The molecule has 0 aromatic carbocycles. The van der Waals surface area contributed by atoms with Crippen LogP contribution in [0.4, 0.5) is 0 Å². The van der Waals surface area contributed by atoms with Gasteiger partial charge < -0.3 is 25.2 Å². The van der Waals surface area contributed by atoms with Crippen LogP contribution < -0.4 is 5.11 Å². The third kappa shape index (κ3) is 3.02. The lowest BCUT2D eigenvalue weighted by atomic mass is 9.38. The second kappa shape index (κ2) is 7.45. The molecule has 0 saturated heterocycles. The average molecular weight is 422 g/mol. The summed E-state index contributed by atoms with van der Waals surface area (Å²) in [6, 6.07) is 0. The van der Waals surface area contributed by atoms with Gasteiger partial charge in [-0.1, -0.05) is 27.7 Å². The standard InChI is InChI=1S/C25H42O5/c1-14(5-8-22(29)30)17-6-7-18-24(17,3)21(28)13-19-23(2)10-9-16(26)11-15(23)12-20(27)25(18,19)4/h14-21,26-28H,5-13H2,1-4H3,(H,29,30)/p-1/t14-,15+,16-,17?,18?,19-,20-,21+,23+,24-,25+/m1/s1. The third-order valence-electron chi connectivity index (χ3n) is 11.0. The van der Waals surface area contributed by atoms with Crippen molar-refractivity contribution in [2.75, 3.05) is 0 Å². The normalized spacial score (nSPS) is 54.0. The third-order valence-corrected chi connectivity index (χ3v) is 11.0. The van der Waals surface area contributed by atoms with Crippen LogP contribution in [-0.2, 0) is 4.79 Å². The SMILES string of the molecule is C[C@H](CCC(=O)[O-])C1CCC2[C@]1(C)[C@@H](O)C[C@@H]1[C@@]3(C)CC[C@@H](O)C[C@H]3C[C@@H](O)[C@@]21C. The molecule has 0 spiro atoms. The van der Waals surface area contributed by atoms with Gasteiger partial charge in [-0.15, -0.1) is 0 Å². The van der Waals surface area contributed by atoms with E-state index < -0.39 is 18.2 Å². The lowest BCUT2D eigenvalue weighted by Gasteiger charge is -2.68. The van der Waals surface area contributed by atoms with Crippen LogP contribution in [0.25, 0.3) is 0 Å². The molecule has 0 aliphatic heterocycles. The van der Waals surface area contributed by atoms with Gasteiger partial charge in [-0.25, -0.2) is 0 Å². The van der Waals surface area contributed by atoms with E-state index in [0.717, 1.165) is 38.5 Å². The minimum atomic E-state index is -1.00. The highest BCUT2D eigenvalue weighted by Crippen LogP contribution is 2.72. The van der Waals surface area contributed by atoms with E-state index in [4.69, 9.17) is 0 Å². The quantitative estimate of drug-likeness (QED) is 0.647. The van der Waals surface area contributed by atoms with E-state index in [9.17, 15) is 25.2 Å². The molecular formula is C25H41O5-. The number of carboxylic acids is 1. The van der Waals surface area contributed by atoms with Crippen LogP contribution >= 0.6 is 0 Å². The van der Waals surface area contributed by atoms with Crippen LogP contribution in [0.2, 0.25) is 0 Å². The number of fused-ring (bicyclic) bond motifs is 5. The van der Waals surface area contributed by atoms with Gasteiger partial charge in [0.15, 0.2) is 0 Å². The molecule has 0 heterocycles. The molecule has 30 heavy (non-hydrogen) atoms. The van der Waals surface area contributed by atoms with Crippen LogP contribution in [0.1, 0.15) is 85.5 Å². The maximum Gasteiger partial charge on any atom is 0.0602 e. The molecule has 0 aromatic rings. The topological polar surface area (TPSA) is 101 Å². The highest BCUT2D eigenvalue weighted by Gasteiger charge is 2.70. The van der Waals surface area contributed by atoms with Crippen molar-refractivity contribution >= 4 is 5.97 Å². The second-order valence-corrected chi connectivity index (χ2v) is 12.0. The molecule has 0 amide bonds. The minimum Gasteiger partial charge on any atom is -0.550 e. The Hall–Kier alpha value is -0.650. The van der Waals surface area contributed by atoms with Crippen LogP contribution in [-0.4, -0.2) is 39.6 Å². The minimum absolute atomic E-state index is 0.0498. The Morgan fingerprint density at radius 1 is 0.967 bits per heavy atom. The van der Waals surface area contributed by atoms with Gasteiger partial charge in [-0.3, -0.25) is 0 Å². The molecule has 172 valence electrons. The fourth-order valence-electron chi connectivity index (χ4n) is 9.29. The van der Waals surface area contributed by atoms with Gasteiger partial charge in [-0.2, -0.15) is 0 Å². The Bertz CT molecular complexity index is 680. The number of hydrogen-bond donors (Lipinski definition) is 3. The van der Waals surface area contributed by atoms with Gasteiger partial charge in [0, 0.05) is 11.4 Å². The predicted molar refractivity (Wildman–Crippen MR) is 112 cm³/mol. The van der Waals surface area contributed by atoms with E-state index in [0.29, 0.717) is 18.8 Å². The van der Waals surface area contributed by atoms with E-state index in [1.807, 2.05) is 0 Å². The molecule has 4 aliphatic carbocycles. The summed E-state index contributed by atoms with van der Waals surface area (Å²) < 4.78 is 0. The molecule has 4 saturated carbocycles. The Kier molecular flexibility index (Phi) is 5.60. The predicted octanol–water partition coefficient (Wildman–Crippen LogP) is 2.50. The molecule has 4 rings (SSSR count). The van der Waals surface area contributed by atoms with Crippen molar-refractivity contribution in [2.24, 2.45) is 45.8 Å². The number of carbonyl (C=O) groups is 1. The molecule has 0 bridgehead atoms. The molecule has 0 radical (unpaired) electrons. The first kappa shape index (κ1) is 22.5. The van der Waals surface area contributed by atoms with Crippen molar-refractivity contribution in [3.63, 3.8) is 0 Å². The smallest absolute Gasteiger partial charge is 0.0602 e. The zero-order valence-corrected chi connectivity index (χ0v) is 19.1. The Balaban J connectivity index is 1.67. The lowest BCUT2D eigenvalue weighted by molar-refractivity contribution is -0.306. The van der Waals surface area contributed by atoms with Gasteiger partial charge in [-0.05, 0) is 98.2 Å². The summed E-state index contributed by atoms with van der Waals surface area (Å²) in [7, 11) is 0. The molecule has 4 fully saturated rings. The van der Waals surface area contributed by atoms with Crippen molar-refractivity contribution in [1.82, 2.24) is 0 Å². The van der Waals surface area contributed by atoms with Crippen LogP contribution in [0, 0.1) is 45.8 Å². The number of aliphatic hydroxyl groups is 3. The van der Waals surface area contributed by atoms with Crippen molar-refractivity contribution in [3.05, 3.63) is 0 Å².